The monoisotopic (exact) mass is 327 g/mol. The zero-order chi connectivity index (χ0) is 16.2. The number of hydrogen-bond acceptors (Lipinski definition) is 6. The van der Waals surface area contributed by atoms with Crippen LogP contribution in [0.2, 0.25) is 0 Å². The quantitative estimate of drug-likeness (QED) is 0.818. The van der Waals surface area contributed by atoms with E-state index in [1.54, 1.807) is 0 Å². The smallest absolute Gasteiger partial charge is 0.337 e. The normalized spacial score (nSPS) is 16.0. The first-order valence-electron chi connectivity index (χ1n) is 6.77. The molecule has 0 aromatic heterocycles. The van der Waals surface area contributed by atoms with Crippen molar-refractivity contribution in [2.24, 2.45) is 5.92 Å². The van der Waals surface area contributed by atoms with Crippen molar-refractivity contribution in [1.29, 1.82) is 0 Å². The van der Waals surface area contributed by atoms with Crippen molar-refractivity contribution in [1.82, 2.24) is 4.72 Å². The second kappa shape index (κ2) is 6.89. The highest BCUT2D eigenvalue weighted by atomic mass is 32.2. The van der Waals surface area contributed by atoms with Gasteiger partial charge in [-0.25, -0.2) is 17.9 Å². The highest BCUT2D eigenvalue weighted by Crippen LogP contribution is 2.17. The Morgan fingerprint density at radius 3 is 2.59 bits per heavy atom. The van der Waals surface area contributed by atoms with Crippen molar-refractivity contribution in [3.8, 4) is 0 Å². The maximum atomic E-state index is 12.2. The van der Waals surface area contributed by atoms with E-state index in [9.17, 15) is 18.0 Å². The average molecular weight is 327 g/mol. The number of esters is 1. The minimum absolute atomic E-state index is 0.101. The molecule has 0 aliphatic carbocycles. The van der Waals surface area contributed by atoms with E-state index >= 15 is 0 Å². The van der Waals surface area contributed by atoms with E-state index in [2.05, 4.69) is 9.46 Å². The Bertz CT molecular complexity index is 664. The topological polar surface area (TPSA) is 98.8 Å². The van der Waals surface area contributed by atoms with Gasteiger partial charge in [0.1, 0.15) is 0 Å². The van der Waals surface area contributed by atoms with Gasteiger partial charge >= 0.3 is 5.97 Å². The SMILES string of the molecule is COC(=O)c1cccc(S(=O)(=O)NC(=O)C2CCOCC2)c1. The summed E-state index contributed by atoms with van der Waals surface area (Å²) >= 11 is 0. The van der Waals surface area contributed by atoms with Crippen molar-refractivity contribution >= 4 is 21.9 Å². The van der Waals surface area contributed by atoms with E-state index in [0.717, 1.165) is 0 Å². The molecule has 1 N–H and O–H groups in total. The lowest BCUT2D eigenvalue weighted by Gasteiger charge is -2.21. The minimum atomic E-state index is -4.02. The van der Waals surface area contributed by atoms with Gasteiger partial charge in [-0.3, -0.25) is 4.79 Å². The molecule has 0 spiro atoms. The highest BCUT2D eigenvalue weighted by molar-refractivity contribution is 7.90. The Morgan fingerprint density at radius 1 is 1.27 bits per heavy atom. The van der Waals surface area contributed by atoms with Crippen LogP contribution < -0.4 is 4.72 Å². The number of sulfonamides is 1. The predicted molar refractivity (Wildman–Crippen MR) is 76.7 cm³/mol. The zero-order valence-corrected chi connectivity index (χ0v) is 12.9. The molecule has 0 unspecified atom stereocenters. The van der Waals surface area contributed by atoms with Crippen molar-refractivity contribution < 1.29 is 27.5 Å². The van der Waals surface area contributed by atoms with Gasteiger partial charge in [-0.15, -0.1) is 0 Å². The number of rotatable bonds is 4. The average Bonchev–Trinajstić information content (AvgIpc) is 2.54. The van der Waals surface area contributed by atoms with Gasteiger partial charge in [0.25, 0.3) is 10.0 Å². The molecular weight excluding hydrogens is 310 g/mol. The summed E-state index contributed by atoms with van der Waals surface area (Å²) in [5.74, 6) is -1.58. The van der Waals surface area contributed by atoms with Crippen molar-refractivity contribution in [3.63, 3.8) is 0 Å². The molecule has 1 heterocycles. The molecule has 1 aromatic carbocycles. The molecule has 7 nitrogen and oxygen atoms in total. The van der Waals surface area contributed by atoms with Gasteiger partial charge in [0.2, 0.25) is 5.91 Å². The Labute approximate surface area is 128 Å². The maximum Gasteiger partial charge on any atom is 0.337 e. The standard InChI is InChI=1S/C14H17NO6S/c1-20-14(17)11-3-2-4-12(9-11)22(18,19)15-13(16)10-5-7-21-8-6-10/h2-4,9-10H,5-8H2,1H3,(H,15,16). The molecule has 2 rings (SSSR count). The largest absolute Gasteiger partial charge is 0.465 e. The Balaban J connectivity index is 2.16. The third-order valence-corrected chi connectivity index (χ3v) is 4.74. The van der Waals surface area contributed by atoms with E-state index in [-0.39, 0.29) is 16.4 Å². The van der Waals surface area contributed by atoms with Gasteiger partial charge in [-0.2, -0.15) is 0 Å². The molecule has 22 heavy (non-hydrogen) atoms. The Kier molecular flexibility index (Phi) is 5.15. The summed E-state index contributed by atoms with van der Waals surface area (Å²) in [6.45, 7) is 0.881. The van der Waals surface area contributed by atoms with Crippen molar-refractivity contribution in [3.05, 3.63) is 29.8 Å². The molecule has 1 aliphatic heterocycles. The second-order valence-corrected chi connectivity index (χ2v) is 6.56. The number of ether oxygens (including phenoxy) is 2. The van der Waals surface area contributed by atoms with Crippen LogP contribution in [0.25, 0.3) is 0 Å². The predicted octanol–water partition coefficient (Wildman–Crippen LogP) is 0.705. The molecule has 8 heteroatoms. The molecular formula is C14H17NO6S. The molecule has 0 atom stereocenters. The van der Waals surface area contributed by atoms with Crippen LogP contribution in [0.15, 0.2) is 29.2 Å². The first kappa shape index (κ1) is 16.4. The van der Waals surface area contributed by atoms with Crippen LogP contribution in [0.5, 0.6) is 0 Å². The fraction of sp³-hybridized carbons (Fsp3) is 0.429. The highest BCUT2D eigenvalue weighted by Gasteiger charge is 2.26. The van der Waals surface area contributed by atoms with E-state index < -0.39 is 21.9 Å². The molecule has 0 bridgehead atoms. The van der Waals surface area contributed by atoms with Crippen LogP contribution in [-0.2, 0) is 24.3 Å². The van der Waals surface area contributed by atoms with E-state index in [0.29, 0.717) is 26.1 Å². The minimum Gasteiger partial charge on any atom is -0.465 e. The summed E-state index contributed by atoms with van der Waals surface area (Å²) in [4.78, 5) is 23.3. The lowest BCUT2D eigenvalue weighted by molar-refractivity contribution is -0.125. The third kappa shape index (κ3) is 3.83. The van der Waals surface area contributed by atoms with Crippen LogP contribution in [0.3, 0.4) is 0 Å². The van der Waals surface area contributed by atoms with Crippen molar-refractivity contribution in [2.75, 3.05) is 20.3 Å². The Hall–Kier alpha value is -1.93. The van der Waals surface area contributed by atoms with Crippen molar-refractivity contribution in [2.45, 2.75) is 17.7 Å². The van der Waals surface area contributed by atoms with Gasteiger partial charge in [-0.1, -0.05) is 6.07 Å². The molecule has 0 saturated carbocycles. The van der Waals surface area contributed by atoms with E-state index in [4.69, 9.17) is 4.74 Å². The summed E-state index contributed by atoms with van der Waals surface area (Å²) in [7, 11) is -2.82. The fourth-order valence-corrected chi connectivity index (χ4v) is 3.23. The summed E-state index contributed by atoms with van der Waals surface area (Å²) in [6, 6.07) is 5.34. The molecule has 0 radical (unpaired) electrons. The number of benzene rings is 1. The van der Waals surface area contributed by atoms with Gasteiger partial charge in [0.05, 0.1) is 17.6 Å². The summed E-state index contributed by atoms with van der Waals surface area (Å²) < 4.78 is 36.2. The van der Waals surface area contributed by atoms with Gasteiger partial charge in [0.15, 0.2) is 0 Å². The number of methoxy groups -OCH3 is 1. The number of carbonyl (C=O) groups excluding carboxylic acids is 2. The second-order valence-electron chi connectivity index (χ2n) is 4.88. The lowest BCUT2D eigenvalue weighted by atomic mass is 10.0. The maximum absolute atomic E-state index is 12.2. The molecule has 1 fully saturated rings. The molecule has 1 amide bonds. The molecule has 120 valence electrons. The van der Waals surface area contributed by atoms with Crippen LogP contribution in [0, 0.1) is 5.92 Å². The third-order valence-electron chi connectivity index (χ3n) is 3.39. The first-order chi connectivity index (χ1) is 10.4. The summed E-state index contributed by atoms with van der Waals surface area (Å²) in [5.41, 5.74) is 0.101. The number of carbonyl (C=O) groups is 2. The van der Waals surface area contributed by atoms with Crippen LogP contribution in [-0.4, -0.2) is 40.6 Å². The lowest BCUT2D eigenvalue weighted by Crippen LogP contribution is -2.38. The molecule has 1 saturated heterocycles. The van der Waals surface area contributed by atoms with E-state index in [1.165, 1.54) is 31.4 Å². The summed E-state index contributed by atoms with van der Waals surface area (Å²) in [6.07, 6.45) is 0.979. The van der Waals surface area contributed by atoms with Crippen LogP contribution in [0.4, 0.5) is 0 Å². The molecule has 1 aliphatic rings. The fourth-order valence-electron chi connectivity index (χ4n) is 2.14. The number of hydrogen-bond donors (Lipinski definition) is 1. The van der Waals surface area contributed by atoms with Crippen LogP contribution >= 0.6 is 0 Å². The molecule has 1 aromatic rings. The first-order valence-corrected chi connectivity index (χ1v) is 8.25. The van der Waals surface area contributed by atoms with Gasteiger partial charge < -0.3 is 9.47 Å². The Morgan fingerprint density at radius 2 is 1.95 bits per heavy atom. The van der Waals surface area contributed by atoms with Crippen LogP contribution in [0.1, 0.15) is 23.2 Å². The number of amides is 1. The zero-order valence-electron chi connectivity index (χ0n) is 12.1. The van der Waals surface area contributed by atoms with Gasteiger partial charge in [0, 0.05) is 19.1 Å². The van der Waals surface area contributed by atoms with E-state index in [1.807, 2.05) is 0 Å². The van der Waals surface area contributed by atoms with Gasteiger partial charge in [-0.05, 0) is 31.0 Å². The summed E-state index contributed by atoms with van der Waals surface area (Å²) in [5, 5.41) is 0. The number of nitrogens with one attached hydrogen (secondary N) is 1.